The van der Waals surface area contributed by atoms with Gasteiger partial charge in [0.15, 0.2) is 5.05 Å². The zero-order valence-corrected chi connectivity index (χ0v) is 6.24. The number of thiocarbonyl (C=S) groups is 1. The summed E-state index contributed by atoms with van der Waals surface area (Å²) in [6.07, 6.45) is 0.981. The van der Waals surface area contributed by atoms with E-state index in [1.807, 2.05) is 0 Å². The van der Waals surface area contributed by atoms with Crippen molar-refractivity contribution in [3.05, 3.63) is 0 Å². The van der Waals surface area contributed by atoms with Crippen molar-refractivity contribution in [3.8, 4) is 0 Å². The topological polar surface area (TPSA) is 32.3 Å². The standard InChI is InChI=1S/C6H11NOS/c1-4-2-5(6(8)9)7-3-4/h4-5,7H,2-3H2,1H3,(H,8,9). The van der Waals surface area contributed by atoms with E-state index in [1.54, 1.807) is 0 Å². The molecule has 1 fully saturated rings. The number of aliphatic hydroxyl groups excluding tert-OH is 1. The van der Waals surface area contributed by atoms with E-state index < -0.39 is 0 Å². The number of rotatable bonds is 1. The van der Waals surface area contributed by atoms with Gasteiger partial charge in [0.25, 0.3) is 0 Å². The Balaban J connectivity index is 2.39. The summed E-state index contributed by atoms with van der Waals surface area (Å²) < 4.78 is 0. The van der Waals surface area contributed by atoms with E-state index in [9.17, 15) is 0 Å². The Morgan fingerprint density at radius 2 is 2.44 bits per heavy atom. The van der Waals surface area contributed by atoms with E-state index in [1.165, 1.54) is 0 Å². The Morgan fingerprint density at radius 3 is 2.67 bits per heavy atom. The van der Waals surface area contributed by atoms with Crippen LogP contribution in [0.15, 0.2) is 0 Å². The van der Waals surface area contributed by atoms with Gasteiger partial charge in [0.1, 0.15) is 0 Å². The summed E-state index contributed by atoms with van der Waals surface area (Å²) >= 11 is 4.60. The van der Waals surface area contributed by atoms with E-state index in [0.29, 0.717) is 5.92 Å². The maximum absolute atomic E-state index is 8.84. The monoisotopic (exact) mass is 145 g/mol. The molecule has 0 amide bonds. The lowest BCUT2D eigenvalue weighted by molar-refractivity contribution is 0.514. The lowest BCUT2D eigenvalue weighted by Crippen LogP contribution is -2.28. The van der Waals surface area contributed by atoms with Gasteiger partial charge in [0, 0.05) is 0 Å². The fourth-order valence-electron chi connectivity index (χ4n) is 1.10. The largest absolute Gasteiger partial charge is 0.501 e. The number of hydrogen-bond donors (Lipinski definition) is 2. The molecular formula is C6H11NOS. The third-order valence-corrected chi connectivity index (χ3v) is 1.93. The van der Waals surface area contributed by atoms with Crippen LogP contribution in [0.25, 0.3) is 0 Å². The second kappa shape index (κ2) is 2.62. The van der Waals surface area contributed by atoms with Gasteiger partial charge in [-0.2, -0.15) is 0 Å². The van der Waals surface area contributed by atoms with Crippen LogP contribution < -0.4 is 5.32 Å². The highest BCUT2D eigenvalue weighted by Gasteiger charge is 2.23. The van der Waals surface area contributed by atoms with Crippen LogP contribution in [-0.4, -0.2) is 22.7 Å². The Labute approximate surface area is 60.3 Å². The highest BCUT2D eigenvalue weighted by atomic mass is 32.1. The molecule has 1 heterocycles. The number of nitrogens with one attached hydrogen (secondary N) is 1. The second-order valence-electron chi connectivity index (χ2n) is 2.64. The predicted molar refractivity (Wildman–Crippen MR) is 40.8 cm³/mol. The molecule has 2 atom stereocenters. The Kier molecular flexibility index (Phi) is 2.03. The highest BCUT2D eigenvalue weighted by molar-refractivity contribution is 7.80. The average molecular weight is 145 g/mol. The quantitative estimate of drug-likeness (QED) is 0.537. The van der Waals surface area contributed by atoms with Crippen molar-refractivity contribution in [1.29, 1.82) is 0 Å². The maximum Gasteiger partial charge on any atom is 0.174 e. The third-order valence-electron chi connectivity index (χ3n) is 1.65. The summed E-state index contributed by atoms with van der Waals surface area (Å²) in [7, 11) is 0. The Hall–Kier alpha value is -0.150. The molecule has 0 spiro atoms. The smallest absolute Gasteiger partial charge is 0.174 e. The van der Waals surface area contributed by atoms with E-state index in [-0.39, 0.29) is 11.1 Å². The summed E-state index contributed by atoms with van der Waals surface area (Å²) in [6, 6.07) is 0.0787. The lowest BCUT2D eigenvalue weighted by atomic mass is 10.1. The van der Waals surface area contributed by atoms with Gasteiger partial charge in [-0.05, 0) is 31.1 Å². The Bertz CT molecular complexity index is 126. The zero-order chi connectivity index (χ0) is 6.85. The molecule has 0 saturated carbocycles. The van der Waals surface area contributed by atoms with Gasteiger partial charge < -0.3 is 10.4 Å². The van der Waals surface area contributed by atoms with E-state index >= 15 is 0 Å². The molecule has 0 aromatic carbocycles. The second-order valence-corrected chi connectivity index (χ2v) is 3.06. The van der Waals surface area contributed by atoms with Crippen LogP contribution >= 0.6 is 12.2 Å². The van der Waals surface area contributed by atoms with Crippen LogP contribution in [0.1, 0.15) is 13.3 Å². The van der Waals surface area contributed by atoms with Gasteiger partial charge in [-0.1, -0.05) is 6.92 Å². The molecule has 2 nitrogen and oxygen atoms in total. The first kappa shape index (κ1) is 6.96. The van der Waals surface area contributed by atoms with E-state index in [2.05, 4.69) is 24.5 Å². The SMILES string of the molecule is CC1CNC(C(O)=S)C1. The van der Waals surface area contributed by atoms with Gasteiger partial charge >= 0.3 is 0 Å². The molecule has 0 radical (unpaired) electrons. The molecule has 2 N–H and O–H groups in total. The van der Waals surface area contributed by atoms with Gasteiger partial charge in [-0.3, -0.25) is 0 Å². The molecule has 0 aliphatic carbocycles. The summed E-state index contributed by atoms with van der Waals surface area (Å²) in [6.45, 7) is 3.12. The number of aliphatic hydroxyl groups is 1. The molecule has 1 aliphatic heterocycles. The van der Waals surface area contributed by atoms with Crippen LogP contribution in [0.2, 0.25) is 0 Å². The minimum atomic E-state index is 0.0787. The Morgan fingerprint density at radius 1 is 1.78 bits per heavy atom. The van der Waals surface area contributed by atoms with Gasteiger partial charge in [-0.15, -0.1) is 0 Å². The van der Waals surface area contributed by atoms with Crippen LogP contribution in [0, 0.1) is 5.92 Å². The van der Waals surface area contributed by atoms with Crippen molar-refractivity contribution in [2.45, 2.75) is 19.4 Å². The summed E-state index contributed by atoms with van der Waals surface area (Å²) in [4.78, 5) is 0. The van der Waals surface area contributed by atoms with Crippen LogP contribution in [-0.2, 0) is 0 Å². The first-order valence-corrected chi connectivity index (χ1v) is 3.57. The number of hydrogen-bond acceptors (Lipinski definition) is 2. The van der Waals surface area contributed by atoms with Crippen molar-refractivity contribution in [2.75, 3.05) is 6.54 Å². The van der Waals surface area contributed by atoms with E-state index in [0.717, 1.165) is 13.0 Å². The molecule has 1 rings (SSSR count). The molecule has 1 saturated heterocycles. The minimum absolute atomic E-state index is 0.0787. The fraction of sp³-hybridized carbons (Fsp3) is 0.833. The molecule has 3 heteroatoms. The third kappa shape index (κ3) is 1.63. The van der Waals surface area contributed by atoms with Gasteiger partial charge in [0.05, 0.1) is 6.04 Å². The summed E-state index contributed by atoms with van der Waals surface area (Å²) in [5.74, 6) is 0.653. The van der Waals surface area contributed by atoms with Crippen LogP contribution in [0.3, 0.4) is 0 Å². The maximum atomic E-state index is 8.84. The molecule has 2 unspecified atom stereocenters. The molecule has 52 valence electrons. The highest BCUT2D eigenvalue weighted by Crippen LogP contribution is 2.12. The van der Waals surface area contributed by atoms with Crippen molar-refractivity contribution in [2.24, 2.45) is 5.92 Å². The van der Waals surface area contributed by atoms with Crippen molar-refractivity contribution < 1.29 is 5.11 Å². The van der Waals surface area contributed by atoms with Crippen molar-refractivity contribution >= 4 is 17.3 Å². The normalized spacial score (nSPS) is 34.8. The van der Waals surface area contributed by atoms with Gasteiger partial charge in [0.2, 0.25) is 0 Å². The van der Waals surface area contributed by atoms with Crippen molar-refractivity contribution in [1.82, 2.24) is 5.32 Å². The van der Waals surface area contributed by atoms with Gasteiger partial charge in [-0.25, -0.2) is 0 Å². The van der Waals surface area contributed by atoms with E-state index in [4.69, 9.17) is 5.11 Å². The predicted octanol–water partition coefficient (Wildman–Crippen LogP) is 0.870. The average Bonchev–Trinajstić information content (AvgIpc) is 2.14. The molecule has 0 bridgehead atoms. The molecular weight excluding hydrogens is 134 g/mol. The van der Waals surface area contributed by atoms with Crippen molar-refractivity contribution in [3.63, 3.8) is 0 Å². The lowest BCUT2D eigenvalue weighted by Gasteiger charge is -2.03. The first-order valence-electron chi connectivity index (χ1n) is 3.16. The molecule has 0 aromatic rings. The fourth-order valence-corrected chi connectivity index (χ4v) is 1.28. The minimum Gasteiger partial charge on any atom is -0.501 e. The molecule has 0 aromatic heterocycles. The van der Waals surface area contributed by atoms with Crippen LogP contribution in [0.4, 0.5) is 0 Å². The molecule has 9 heavy (non-hydrogen) atoms. The summed E-state index contributed by atoms with van der Waals surface area (Å²) in [5, 5.41) is 12.1. The first-order chi connectivity index (χ1) is 4.20. The molecule has 1 aliphatic rings. The zero-order valence-electron chi connectivity index (χ0n) is 5.42. The van der Waals surface area contributed by atoms with Crippen LogP contribution in [0.5, 0.6) is 0 Å². The summed E-state index contributed by atoms with van der Waals surface area (Å²) in [5.41, 5.74) is 0.